The fourth-order valence-electron chi connectivity index (χ4n) is 2.65. The molecule has 0 aromatic carbocycles. The molecule has 1 aliphatic heterocycles. The van der Waals surface area contributed by atoms with Crippen LogP contribution in [0.25, 0.3) is 0 Å². The second kappa shape index (κ2) is 6.26. The van der Waals surface area contributed by atoms with Gasteiger partial charge in [-0.3, -0.25) is 0 Å². The zero-order valence-corrected chi connectivity index (χ0v) is 12.5. The Balaban J connectivity index is 2.06. The van der Waals surface area contributed by atoms with Gasteiger partial charge < -0.3 is 15.3 Å². The van der Waals surface area contributed by atoms with E-state index in [2.05, 4.69) is 5.32 Å². The van der Waals surface area contributed by atoms with Crippen molar-refractivity contribution in [1.82, 2.24) is 10.2 Å². The number of likely N-dealkylation sites (tertiary alicyclic amines) is 1. The Kier molecular flexibility index (Phi) is 4.65. The minimum absolute atomic E-state index is 0.0000596. The molecule has 0 aliphatic carbocycles. The smallest absolute Gasteiger partial charge is 0.326 e. The van der Waals surface area contributed by atoms with Crippen molar-refractivity contribution in [3.05, 3.63) is 22.4 Å². The van der Waals surface area contributed by atoms with Crippen molar-refractivity contribution in [2.24, 2.45) is 5.92 Å². The van der Waals surface area contributed by atoms with Crippen LogP contribution in [0.4, 0.5) is 4.79 Å². The number of nitrogens with one attached hydrogen (secondary N) is 1. The standard InChI is InChI=1S/C14H20N2O3S/c1-3-10(11-5-4-8-20-11)15-14(19)16-7-6-9(2)12(16)13(17)18/h4-5,8-10,12H,3,6-7H2,1-2H3,(H,15,19)(H,17,18). The minimum Gasteiger partial charge on any atom is -0.480 e. The molecular formula is C14H20N2O3S. The number of carbonyl (C=O) groups is 2. The van der Waals surface area contributed by atoms with E-state index in [4.69, 9.17) is 0 Å². The van der Waals surface area contributed by atoms with Gasteiger partial charge in [0.05, 0.1) is 6.04 Å². The van der Waals surface area contributed by atoms with Gasteiger partial charge >= 0.3 is 12.0 Å². The van der Waals surface area contributed by atoms with E-state index in [9.17, 15) is 14.7 Å². The molecule has 2 heterocycles. The zero-order chi connectivity index (χ0) is 14.7. The van der Waals surface area contributed by atoms with E-state index in [0.29, 0.717) is 6.54 Å². The summed E-state index contributed by atoms with van der Waals surface area (Å²) in [6.07, 6.45) is 1.52. The van der Waals surface area contributed by atoms with Gasteiger partial charge in [0.25, 0.3) is 0 Å². The Labute approximate surface area is 122 Å². The predicted molar refractivity (Wildman–Crippen MR) is 77.8 cm³/mol. The third-order valence-electron chi connectivity index (χ3n) is 3.81. The fraction of sp³-hybridized carbons (Fsp3) is 0.571. The molecule has 1 aliphatic rings. The lowest BCUT2D eigenvalue weighted by Gasteiger charge is -2.26. The number of hydrogen-bond donors (Lipinski definition) is 2. The van der Waals surface area contributed by atoms with E-state index in [0.717, 1.165) is 17.7 Å². The third-order valence-corrected chi connectivity index (χ3v) is 4.79. The number of carboxylic acids is 1. The Morgan fingerprint density at radius 3 is 2.90 bits per heavy atom. The molecular weight excluding hydrogens is 276 g/mol. The second-order valence-corrected chi connectivity index (χ2v) is 6.15. The Morgan fingerprint density at radius 2 is 2.35 bits per heavy atom. The SMILES string of the molecule is CCC(NC(=O)N1CCC(C)C1C(=O)O)c1cccs1. The average Bonchev–Trinajstić information content (AvgIpc) is 3.04. The normalized spacial score (nSPS) is 23.6. The second-order valence-electron chi connectivity index (χ2n) is 5.17. The maximum atomic E-state index is 12.3. The Hall–Kier alpha value is -1.56. The first-order valence-corrected chi connectivity index (χ1v) is 7.76. The number of urea groups is 1. The highest BCUT2D eigenvalue weighted by molar-refractivity contribution is 7.10. The number of carboxylic acid groups (broad SMARTS) is 1. The molecule has 1 saturated heterocycles. The molecule has 3 unspecified atom stereocenters. The molecule has 5 nitrogen and oxygen atoms in total. The van der Waals surface area contributed by atoms with Crippen LogP contribution < -0.4 is 5.32 Å². The van der Waals surface area contributed by atoms with Gasteiger partial charge in [0, 0.05) is 11.4 Å². The molecule has 2 N–H and O–H groups in total. The van der Waals surface area contributed by atoms with Crippen LogP contribution in [0.5, 0.6) is 0 Å². The minimum atomic E-state index is -0.922. The summed E-state index contributed by atoms with van der Waals surface area (Å²) in [5, 5.41) is 14.2. The first-order chi connectivity index (χ1) is 9.54. The first kappa shape index (κ1) is 14.8. The fourth-order valence-corrected chi connectivity index (χ4v) is 3.51. The van der Waals surface area contributed by atoms with Gasteiger partial charge in [-0.15, -0.1) is 11.3 Å². The van der Waals surface area contributed by atoms with Crippen LogP contribution in [-0.4, -0.2) is 34.6 Å². The number of thiophene rings is 1. The summed E-state index contributed by atoms with van der Waals surface area (Å²) in [7, 11) is 0. The summed E-state index contributed by atoms with van der Waals surface area (Å²) in [6.45, 7) is 4.39. The van der Waals surface area contributed by atoms with Gasteiger partial charge in [-0.05, 0) is 30.2 Å². The average molecular weight is 296 g/mol. The van der Waals surface area contributed by atoms with Gasteiger partial charge in [-0.25, -0.2) is 9.59 Å². The number of rotatable bonds is 4. The van der Waals surface area contributed by atoms with Gasteiger partial charge in [0.15, 0.2) is 0 Å². The summed E-state index contributed by atoms with van der Waals surface area (Å²) < 4.78 is 0. The summed E-state index contributed by atoms with van der Waals surface area (Å²) in [5.74, 6) is -0.922. The first-order valence-electron chi connectivity index (χ1n) is 6.88. The molecule has 1 fully saturated rings. The van der Waals surface area contributed by atoms with Crippen LogP contribution in [0.1, 0.15) is 37.6 Å². The molecule has 3 atom stereocenters. The van der Waals surface area contributed by atoms with Crippen molar-refractivity contribution in [3.63, 3.8) is 0 Å². The monoisotopic (exact) mass is 296 g/mol. The Bertz CT molecular complexity index is 475. The van der Waals surface area contributed by atoms with Gasteiger partial charge in [0.1, 0.15) is 6.04 Å². The lowest BCUT2D eigenvalue weighted by molar-refractivity contribution is -0.142. The van der Waals surface area contributed by atoms with Crippen molar-refractivity contribution in [1.29, 1.82) is 0 Å². The maximum absolute atomic E-state index is 12.3. The third kappa shape index (κ3) is 2.95. The van der Waals surface area contributed by atoms with Crippen LogP contribution in [0, 0.1) is 5.92 Å². The zero-order valence-electron chi connectivity index (χ0n) is 11.7. The summed E-state index contributed by atoms with van der Waals surface area (Å²) >= 11 is 1.60. The van der Waals surface area contributed by atoms with E-state index < -0.39 is 12.0 Å². The molecule has 1 aromatic rings. The summed E-state index contributed by atoms with van der Waals surface area (Å²) in [6, 6.07) is 2.90. The van der Waals surface area contributed by atoms with E-state index in [1.807, 2.05) is 31.4 Å². The van der Waals surface area contributed by atoms with Crippen molar-refractivity contribution >= 4 is 23.3 Å². The largest absolute Gasteiger partial charge is 0.480 e. The van der Waals surface area contributed by atoms with Gasteiger partial charge in [-0.2, -0.15) is 0 Å². The maximum Gasteiger partial charge on any atom is 0.326 e. The number of hydrogen-bond acceptors (Lipinski definition) is 3. The molecule has 0 saturated carbocycles. The molecule has 2 rings (SSSR count). The van der Waals surface area contributed by atoms with E-state index in [-0.39, 0.29) is 18.0 Å². The highest BCUT2D eigenvalue weighted by Crippen LogP contribution is 2.26. The molecule has 2 amide bonds. The number of amides is 2. The van der Waals surface area contributed by atoms with Crippen LogP contribution in [0.15, 0.2) is 17.5 Å². The van der Waals surface area contributed by atoms with Crippen LogP contribution in [0.2, 0.25) is 0 Å². The van der Waals surface area contributed by atoms with Crippen molar-refractivity contribution < 1.29 is 14.7 Å². The van der Waals surface area contributed by atoms with Crippen molar-refractivity contribution in [2.45, 2.75) is 38.8 Å². The number of aliphatic carboxylic acids is 1. The summed E-state index contributed by atoms with van der Waals surface area (Å²) in [5.41, 5.74) is 0. The van der Waals surface area contributed by atoms with Crippen LogP contribution in [-0.2, 0) is 4.79 Å². The highest BCUT2D eigenvalue weighted by Gasteiger charge is 2.39. The van der Waals surface area contributed by atoms with E-state index in [1.54, 1.807) is 11.3 Å². The quantitative estimate of drug-likeness (QED) is 0.897. The van der Waals surface area contributed by atoms with Crippen LogP contribution >= 0.6 is 11.3 Å². The lowest BCUT2D eigenvalue weighted by atomic mass is 10.0. The molecule has 0 spiro atoms. The van der Waals surface area contributed by atoms with Gasteiger partial charge in [-0.1, -0.05) is 19.9 Å². The topological polar surface area (TPSA) is 69.6 Å². The molecule has 0 radical (unpaired) electrons. The van der Waals surface area contributed by atoms with Gasteiger partial charge in [0.2, 0.25) is 0 Å². The lowest BCUT2D eigenvalue weighted by Crippen LogP contribution is -2.48. The molecule has 1 aromatic heterocycles. The van der Waals surface area contributed by atoms with Crippen molar-refractivity contribution in [2.75, 3.05) is 6.54 Å². The number of nitrogens with zero attached hydrogens (tertiary/aromatic N) is 1. The number of carbonyl (C=O) groups excluding carboxylic acids is 1. The highest BCUT2D eigenvalue weighted by atomic mass is 32.1. The predicted octanol–water partition coefficient (Wildman–Crippen LogP) is 2.70. The van der Waals surface area contributed by atoms with Crippen LogP contribution in [0.3, 0.4) is 0 Å². The molecule has 110 valence electrons. The Morgan fingerprint density at radius 1 is 1.60 bits per heavy atom. The van der Waals surface area contributed by atoms with E-state index >= 15 is 0 Å². The van der Waals surface area contributed by atoms with E-state index in [1.165, 1.54) is 4.90 Å². The molecule has 0 bridgehead atoms. The molecule has 6 heteroatoms. The molecule has 20 heavy (non-hydrogen) atoms. The summed E-state index contributed by atoms with van der Waals surface area (Å²) in [4.78, 5) is 26.2. The van der Waals surface area contributed by atoms with Crippen molar-refractivity contribution in [3.8, 4) is 0 Å².